The number of anilines is 1. The van der Waals surface area contributed by atoms with Crippen LogP contribution in [0.4, 0.5) is 18.9 Å². The molecule has 0 spiro atoms. The van der Waals surface area contributed by atoms with Crippen molar-refractivity contribution in [2.75, 3.05) is 12.4 Å². The van der Waals surface area contributed by atoms with E-state index in [1.807, 2.05) is 6.07 Å². The zero-order chi connectivity index (χ0) is 23.1. The molecule has 0 atom stereocenters. The molecule has 32 heavy (non-hydrogen) atoms. The van der Waals surface area contributed by atoms with Gasteiger partial charge in [-0.15, -0.1) is 0 Å². The smallest absolute Gasteiger partial charge is 0.317 e. The van der Waals surface area contributed by atoms with Crippen molar-refractivity contribution in [3.05, 3.63) is 78.4 Å². The van der Waals surface area contributed by atoms with Crippen molar-refractivity contribution in [3.8, 4) is 11.4 Å². The zero-order valence-corrected chi connectivity index (χ0v) is 17.2. The van der Waals surface area contributed by atoms with Crippen LogP contribution < -0.4 is 5.32 Å². The summed E-state index contributed by atoms with van der Waals surface area (Å²) in [5, 5.41) is 7.10. The molecule has 0 aromatic carbocycles. The second kappa shape index (κ2) is 9.82. The lowest BCUT2D eigenvalue weighted by Gasteiger charge is -2.05. The van der Waals surface area contributed by atoms with Gasteiger partial charge in [-0.1, -0.05) is 24.3 Å². The van der Waals surface area contributed by atoms with E-state index >= 15 is 0 Å². The number of carbonyl (C=O) groups excluding carboxylic acids is 1. The number of carbonyl (C=O) groups is 1. The molecule has 3 heterocycles. The Labute approximate surface area is 182 Å². The number of alkyl halides is 3. The van der Waals surface area contributed by atoms with Crippen molar-refractivity contribution in [1.82, 2.24) is 19.7 Å². The maximum atomic E-state index is 12.7. The molecule has 0 aliphatic rings. The summed E-state index contributed by atoms with van der Waals surface area (Å²) in [7, 11) is 3.19. The predicted octanol–water partition coefficient (Wildman–Crippen LogP) is 4.17. The summed E-state index contributed by atoms with van der Waals surface area (Å²) in [5.74, 6) is -0.467. The third-order valence-corrected chi connectivity index (χ3v) is 4.19. The first-order chi connectivity index (χ1) is 15.3. The molecule has 10 heteroatoms. The molecule has 0 aliphatic heterocycles. The Morgan fingerprint density at radius 2 is 1.97 bits per heavy atom. The average molecular weight is 440 g/mol. The van der Waals surface area contributed by atoms with Crippen molar-refractivity contribution in [2.45, 2.75) is 6.18 Å². The Hall–Kier alpha value is -4.08. The van der Waals surface area contributed by atoms with Crippen LogP contribution in [-0.2, 0) is 18.0 Å². The van der Waals surface area contributed by atoms with Crippen molar-refractivity contribution >= 4 is 23.4 Å². The van der Waals surface area contributed by atoms with Crippen molar-refractivity contribution in [2.24, 2.45) is 12.0 Å². The van der Waals surface area contributed by atoms with Gasteiger partial charge in [0.1, 0.15) is 17.1 Å². The summed E-state index contributed by atoms with van der Waals surface area (Å²) in [6.45, 7) is 0. The number of pyridine rings is 2. The molecular weight excluding hydrogens is 421 g/mol. The van der Waals surface area contributed by atoms with Gasteiger partial charge in [0.05, 0.1) is 11.4 Å². The maximum absolute atomic E-state index is 12.7. The van der Waals surface area contributed by atoms with Crippen LogP contribution in [0, 0.1) is 0 Å². The molecule has 7 nitrogen and oxygen atoms in total. The Balaban J connectivity index is 1.70. The summed E-state index contributed by atoms with van der Waals surface area (Å²) >= 11 is 0. The standard InChI is InChI=1S/C22H19F3N6O/c1-26-17(9-4-3-7-15-10-12-28-19(13-15)22(23,24)25)21(32)29-18-14-31(2)30-20(18)16-8-5-6-11-27-16/h3-14H,1-2H3,(H,29,32)/b7-3+,9-4-,26-17?. The molecule has 0 aliphatic carbocycles. The number of halogens is 3. The minimum atomic E-state index is -4.51. The van der Waals surface area contributed by atoms with Crippen LogP contribution in [0.25, 0.3) is 17.5 Å². The second-order valence-electron chi connectivity index (χ2n) is 6.53. The maximum Gasteiger partial charge on any atom is 0.433 e. The summed E-state index contributed by atoms with van der Waals surface area (Å²) in [5.41, 5.74) is 1.06. The Morgan fingerprint density at radius 3 is 2.66 bits per heavy atom. The van der Waals surface area contributed by atoms with Gasteiger partial charge in [-0.2, -0.15) is 18.3 Å². The number of hydrogen-bond acceptors (Lipinski definition) is 5. The van der Waals surface area contributed by atoms with Crippen molar-refractivity contribution in [1.29, 1.82) is 0 Å². The minimum Gasteiger partial charge on any atom is -0.317 e. The van der Waals surface area contributed by atoms with Gasteiger partial charge < -0.3 is 5.32 Å². The highest BCUT2D eigenvalue weighted by atomic mass is 19.4. The Kier molecular flexibility index (Phi) is 6.93. The normalized spacial score (nSPS) is 12.6. The van der Waals surface area contributed by atoms with E-state index < -0.39 is 17.8 Å². The molecule has 0 saturated carbocycles. The first kappa shape index (κ1) is 22.6. The molecule has 3 rings (SSSR count). The number of amides is 1. The van der Waals surface area contributed by atoms with Gasteiger partial charge >= 0.3 is 6.18 Å². The van der Waals surface area contributed by atoms with Crippen molar-refractivity contribution in [3.63, 3.8) is 0 Å². The Bertz CT molecular complexity index is 1180. The summed E-state index contributed by atoms with van der Waals surface area (Å²) < 4.78 is 39.8. The Morgan fingerprint density at radius 1 is 1.16 bits per heavy atom. The van der Waals surface area contributed by atoms with E-state index in [9.17, 15) is 18.0 Å². The van der Waals surface area contributed by atoms with Gasteiger partial charge in [0, 0.05) is 32.7 Å². The van der Waals surface area contributed by atoms with E-state index in [2.05, 4.69) is 25.4 Å². The molecule has 1 amide bonds. The lowest BCUT2D eigenvalue weighted by molar-refractivity contribution is -0.141. The number of allylic oxidation sites excluding steroid dienone is 2. The van der Waals surface area contributed by atoms with Gasteiger partial charge in [0.2, 0.25) is 0 Å². The van der Waals surface area contributed by atoms with Gasteiger partial charge in [-0.05, 0) is 35.9 Å². The van der Waals surface area contributed by atoms with E-state index in [0.29, 0.717) is 22.6 Å². The topological polar surface area (TPSA) is 85.1 Å². The SMILES string of the molecule is CN=C(/C=C\C=C\c1ccnc(C(F)(F)F)c1)C(=O)Nc1cn(C)nc1-c1ccccn1. The van der Waals surface area contributed by atoms with E-state index in [1.54, 1.807) is 36.3 Å². The molecule has 3 aromatic heterocycles. The first-order valence-electron chi connectivity index (χ1n) is 9.39. The van der Waals surface area contributed by atoms with Crippen LogP contribution in [0.2, 0.25) is 0 Å². The number of nitrogens with zero attached hydrogens (tertiary/aromatic N) is 5. The third kappa shape index (κ3) is 5.75. The summed E-state index contributed by atoms with van der Waals surface area (Å²) in [4.78, 5) is 24.2. The summed E-state index contributed by atoms with van der Waals surface area (Å²) in [6, 6.07) is 7.76. The first-order valence-corrected chi connectivity index (χ1v) is 9.39. The quantitative estimate of drug-likeness (QED) is 0.461. The predicted molar refractivity (Wildman–Crippen MR) is 116 cm³/mol. The number of rotatable bonds is 6. The fraction of sp³-hybridized carbons (Fsp3) is 0.136. The molecular formula is C22H19F3N6O. The highest BCUT2D eigenvalue weighted by molar-refractivity contribution is 6.47. The molecule has 0 radical (unpaired) electrons. The van der Waals surface area contributed by atoms with Gasteiger partial charge in [-0.25, -0.2) is 0 Å². The van der Waals surface area contributed by atoms with E-state index in [4.69, 9.17) is 0 Å². The highest BCUT2D eigenvalue weighted by Gasteiger charge is 2.32. The van der Waals surface area contributed by atoms with Crippen LogP contribution >= 0.6 is 0 Å². The number of aliphatic imine (C=N–C) groups is 1. The van der Waals surface area contributed by atoms with Crippen LogP contribution in [0.3, 0.4) is 0 Å². The second-order valence-corrected chi connectivity index (χ2v) is 6.53. The molecule has 0 saturated heterocycles. The average Bonchev–Trinajstić information content (AvgIpc) is 3.14. The monoisotopic (exact) mass is 440 g/mol. The lowest BCUT2D eigenvalue weighted by Crippen LogP contribution is -2.21. The minimum absolute atomic E-state index is 0.121. The number of aromatic nitrogens is 4. The van der Waals surface area contributed by atoms with Crippen LogP contribution in [0.15, 0.2) is 72.1 Å². The molecule has 1 N–H and O–H groups in total. The van der Waals surface area contributed by atoms with Crippen LogP contribution in [0.5, 0.6) is 0 Å². The summed E-state index contributed by atoms with van der Waals surface area (Å²) in [6.07, 6.45) is 5.81. The van der Waals surface area contributed by atoms with E-state index in [1.165, 1.54) is 37.4 Å². The molecule has 0 fully saturated rings. The lowest BCUT2D eigenvalue weighted by atomic mass is 10.2. The van der Waals surface area contributed by atoms with Gasteiger partial charge in [-0.3, -0.25) is 24.4 Å². The van der Waals surface area contributed by atoms with Gasteiger partial charge in [0.15, 0.2) is 0 Å². The van der Waals surface area contributed by atoms with Crippen molar-refractivity contribution < 1.29 is 18.0 Å². The number of nitrogens with one attached hydrogen (secondary N) is 1. The molecule has 3 aromatic rings. The largest absolute Gasteiger partial charge is 0.433 e. The number of hydrogen-bond donors (Lipinski definition) is 1. The van der Waals surface area contributed by atoms with Crippen LogP contribution in [0.1, 0.15) is 11.3 Å². The fourth-order valence-electron chi connectivity index (χ4n) is 2.73. The fourth-order valence-corrected chi connectivity index (χ4v) is 2.73. The molecule has 164 valence electrons. The third-order valence-electron chi connectivity index (χ3n) is 4.19. The molecule has 0 unspecified atom stereocenters. The van der Waals surface area contributed by atoms with E-state index in [-0.39, 0.29) is 5.71 Å². The van der Waals surface area contributed by atoms with Gasteiger partial charge in [0.25, 0.3) is 5.91 Å². The highest BCUT2D eigenvalue weighted by Crippen LogP contribution is 2.28. The van der Waals surface area contributed by atoms with E-state index in [0.717, 1.165) is 12.3 Å². The molecule has 0 bridgehead atoms. The zero-order valence-electron chi connectivity index (χ0n) is 17.2. The van der Waals surface area contributed by atoms with Crippen LogP contribution in [-0.4, -0.2) is 38.4 Å². The number of aryl methyl sites for hydroxylation is 1.